The summed E-state index contributed by atoms with van der Waals surface area (Å²) in [5.74, 6) is -3.33. The van der Waals surface area contributed by atoms with Gasteiger partial charge in [-0.3, -0.25) is 9.59 Å². The number of amides is 1. The third-order valence-corrected chi connectivity index (χ3v) is 1.93. The number of nitrogens with two attached hydrogens (primary N) is 1. The molecule has 0 aromatic rings. The molecule has 0 saturated carbocycles. The molecule has 1 unspecified atom stereocenters. The molecule has 0 saturated heterocycles. The average molecular weight is 232 g/mol. The Morgan fingerprint density at radius 1 is 1.31 bits per heavy atom. The second kappa shape index (κ2) is 6.78. The Morgan fingerprint density at radius 3 is 2.25 bits per heavy atom. The Hall–Kier alpha value is -1.63. The van der Waals surface area contributed by atoms with Crippen LogP contribution in [0.1, 0.15) is 26.2 Å². The first-order valence-electron chi connectivity index (χ1n) is 4.89. The molecule has 7 nitrogen and oxygen atoms in total. The summed E-state index contributed by atoms with van der Waals surface area (Å²) >= 11 is 0. The van der Waals surface area contributed by atoms with Gasteiger partial charge in [0.1, 0.15) is 6.04 Å². The number of nitrogens with one attached hydrogen (secondary N) is 1. The van der Waals surface area contributed by atoms with Crippen LogP contribution in [0, 0.1) is 0 Å². The van der Waals surface area contributed by atoms with Gasteiger partial charge in [-0.15, -0.1) is 0 Å². The topological polar surface area (TPSA) is 130 Å². The highest BCUT2D eigenvalue weighted by Gasteiger charge is 2.25. The summed E-state index contributed by atoms with van der Waals surface area (Å²) in [7, 11) is 0. The lowest BCUT2D eigenvalue weighted by Crippen LogP contribution is -2.49. The first kappa shape index (κ1) is 14.4. The highest BCUT2D eigenvalue weighted by Crippen LogP contribution is 1.97. The fourth-order valence-electron chi connectivity index (χ4n) is 1.10. The lowest BCUT2D eigenvalue weighted by atomic mass is 10.1. The Morgan fingerprint density at radius 2 is 1.88 bits per heavy atom. The SMILES string of the molecule is CCC[C@H](N)C(=O)NC(CC(=O)O)C(=O)O. The molecule has 0 spiro atoms. The predicted molar refractivity (Wildman–Crippen MR) is 54.7 cm³/mol. The van der Waals surface area contributed by atoms with E-state index in [1.54, 1.807) is 0 Å². The zero-order valence-corrected chi connectivity index (χ0v) is 8.97. The molecule has 0 rings (SSSR count). The standard InChI is InChI=1S/C9H16N2O5/c1-2-3-5(10)8(14)11-6(9(15)16)4-7(12)13/h5-6H,2-4,10H2,1H3,(H,11,14)(H,12,13)(H,15,16)/t5-,6?/m0/s1. The highest BCUT2D eigenvalue weighted by atomic mass is 16.4. The van der Waals surface area contributed by atoms with Crippen molar-refractivity contribution in [1.29, 1.82) is 0 Å². The average Bonchev–Trinajstić information content (AvgIpc) is 2.16. The summed E-state index contributed by atoms with van der Waals surface area (Å²) in [6.45, 7) is 1.83. The molecular formula is C9H16N2O5. The lowest BCUT2D eigenvalue weighted by Gasteiger charge is -2.15. The van der Waals surface area contributed by atoms with Crippen molar-refractivity contribution >= 4 is 17.8 Å². The number of carboxylic acid groups (broad SMARTS) is 2. The van der Waals surface area contributed by atoms with Crippen molar-refractivity contribution in [3.63, 3.8) is 0 Å². The molecule has 0 aliphatic heterocycles. The van der Waals surface area contributed by atoms with Crippen molar-refractivity contribution in [1.82, 2.24) is 5.32 Å². The number of rotatable bonds is 7. The van der Waals surface area contributed by atoms with Crippen LogP contribution in [-0.2, 0) is 14.4 Å². The molecule has 16 heavy (non-hydrogen) atoms. The second-order valence-corrected chi connectivity index (χ2v) is 3.39. The molecular weight excluding hydrogens is 216 g/mol. The number of carboxylic acids is 2. The van der Waals surface area contributed by atoms with Crippen LogP contribution in [0.3, 0.4) is 0 Å². The van der Waals surface area contributed by atoms with Crippen molar-refractivity contribution < 1.29 is 24.6 Å². The maximum Gasteiger partial charge on any atom is 0.326 e. The van der Waals surface area contributed by atoms with E-state index in [1.807, 2.05) is 6.92 Å². The van der Waals surface area contributed by atoms with Crippen molar-refractivity contribution in [2.24, 2.45) is 5.73 Å². The van der Waals surface area contributed by atoms with Gasteiger partial charge in [-0.25, -0.2) is 4.79 Å². The molecule has 0 aliphatic carbocycles. The number of aliphatic carboxylic acids is 2. The van der Waals surface area contributed by atoms with E-state index in [2.05, 4.69) is 5.32 Å². The minimum absolute atomic E-state index is 0.422. The first-order valence-corrected chi connectivity index (χ1v) is 4.89. The number of carbonyl (C=O) groups is 3. The van der Waals surface area contributed by atoms with E-state index < -0.39 is 36.4 Å². The van der Waals surface area contributed by atoms with Gasteiger partial charge in [-0.1, -0.05) is 13.3 Å². The van der Waals surface area contributed by atoms with Crippen molar-refractivity contribution in [2.45, 2.75) is 38.3 Å². The second-order valence-electron chi connectivity index (χ2n) is 3.39. The molecule has 0 heterocycles. The van der Waals surface area contributed by atoms with Gasteiger partial charge >= 0.3 is 11.9 Å². The molecule has 0 aromatic carbocycles. The molecule has 7 heteroatoms. The fraction of sp³-hybridized carbons (Fsp3) is 0.667. The van der Waals surface area contributed by atoms with Gasteiger partial charge in [-0.2, -0.15) is 0 Å². The number of carbonyl (C=O) groups excluding carboxylic acids is 1. The summed E-state index contributed by atoms with van der Waals surface area (Å²) in [6, 6.07) is -2.24. The Labute approximate surface area is 92.6 Å². The van der Waals surface area contributed by atoms with Gasteiger partial charge in [-0.05, 0) is 6.42 Å². The van der Waals surface area contributed by atoms with Crippen LogP contribution in [0.15, 0.2) is 0 Å². The number of hydrogen-bond donors (Lipinski definition) is 4. The summed E-state index contributed by atoms with van der Waals surface area (Å²) in [5, 5.41) is 19.2. The monoisotopic (exact) mass is 232 g/mol. The largest absolute Gasteiger partial charge is 0.481 e. The van der Waals surface area contributed by atoms with Gasteiger partial charge in [0.15, 0.2) is 0 Å². The van der Waals surface area contributed by atoms with E-state index in [1.165, 1.54) is 0 Å². The van der Waals surface area contributed by atoms with E-state index in [9.17, 15) is 14.4 Å². The highest BCUT2D eigenvalue weighted by molar-refractivity contribution is 5.88. The van der Waals surface area contributed by atoms with Gasteiger partial charge in [0.25, 0.3) is 0 Å². The summed E-state index contributed by atoms with van der Waals surface area (Å²) < 4.78 is 0. The van der Waals surface area contributed by atoms with Crippen LogP contribution in [0.4, 0.5) is 0 Å². The summed E-state index contributed by atoms with van der Waals surface area (Å²) in [5.41, 5.74) is 5.45. The molecule has 5 N–H and O–H groups in total. The van der Waals surface area contributed by atoms with E-state index in [-0.39, 0.29) is 0 Å². The smallest absolute Gasteiger partial charge is 0.326 e. The van der Waals surface area contributed by atoms with E-state index >= 15 is 0 Å². The Bertz CT molecular complexity index is 279. The normalized spacial score (nSPS) is 13.9. The zero-order valence-electron chi connectivity index (χ0n) is 8.97. The Balaban J connectivity index is 4.34. The third kappa shape index (κ3) is 5.30. The van der Waals surface area contributed by atoms with Crippen molar-refractivity contribution in [3.8, 4) is 0 Å². The van der Waals surface area contributed by atoms with Gasteiger partial charge in [0.05, 0.1) is 12.5 Å². The molecule has 2 atom stereocenters. The summed E-state index contributed by atoms with van der Waals surface area (Å²) in [4.78, 5) is 32.3. The minimum atomic E-state index is -1.44. The minimum Gasteiger partial charge on any atom is -0.481 e. The molecule has 0 fully saturated rings. The van der Waals surface area contributed by atoms with Crippen LogP contribution in [-0.4, -0.2) is 40.1 Å². The van der Waals surface area contributed by atoms with Crippen molar-refractivity contribution in [3.05, 3.63) is 0 Å². The molecule has 1 amide bonds. The third-order valence-electron chi connectivity index (χ3n) is 1.93. The van der Waals surface area contributed by atoms with Gasteiger partial charge < -0.3 is 21.3 Å². The van der Waals surface area contributed by atoms with Crippen LogP contribution in [0.25, 0.3) is 0 Å². The molecule has 0 bridgehead atoms. The quantitative estimate of drug-likeness (QED) is 0.452. The van der Waals surface area contributed by atoms with Crippen LogP contribution < -0.4 is 11.1 Å². The van der Waals surface area contributed by atoms with Crippen molar-refractivity contribution in [2.75, 3.05) is 0 Å². The Kier molecular flexibility index (Phi) is 6.09. The van der Waals surface area contributed by atoms with E-state index in [0.29, 0.717) is 12.8 Å². The molecule has 0 aromatic heterocycles. The van der Waals surface area contributed by atoms with Crippen LogP contribution in [0.5, 0.6) is 0 Å². The maximum absolute atomic E-state index is 11.3. The van der Waals surface area contributed by atoms with Crippen LogP contribution in [0.2, 0.25) is 0 Å². The van der Waals surface area contributed by atoms with Gasteiger partial charge in [0, 0.05) is 0 Å². The number of hydrogen-bond acceptors (Lipinski definition) is 4. The maximum atomic E-state index is 11.3. The molecule has 92 valence electrons. The summed E-state index contributed by atoms with van der Waals surface area (Å²) in [6.07, 6.45) is 0.441. The zero-order chi connectivity index (χ0) is 12.7. The van der Waals surface area contributed by atoms with E-state index in [0.717, 1.165) is 0 Å². The lowest BCUT2D eigenvalue weighted by molar-refractivity contribution is -0.147. The van der Waals surface area contributed by atoms with E-state index in [4.69, 9.17) is 15.9 Å². The van der Waals surface area contributed by atoms with Crippen LogP contribution >= 0.6 is 0 Å². The predicted octanol–water partition coefficient (Wildman–Crippen LogP) is -0.842. The van der Waals surface area contributed by atoms with Gasteiger partial charge in [0.2, 0.25) is 5.91 Å². The molecule has 0 radical (unpaired) electrons. The fourth-order valence-corrected chi connectivity index (χ4v) is 1.10. The first-order chi connectivity index (χ1) is 7.38. The molecule has 0 aliphatic rings.